The second kappa shape index (κ2) is 8.83. The zero-order chi connectivity index (χ0) is 26.5. The van der Waals surface area contributed by atoms with Crippen molar-refractivity contribution in [2.45, 2.75) is 50.2 Å². The monoisotopic (exact) mass is 505 g/mol. The average Bonchev–Trinajstić information content (AvgIpc) is 3.54. The fourth-order valence-corrected chi connectivity index (χ4v) is 6.41. The molecule has 3 heterocycles. The minimum atomic E-state index is -0.785. The van der Waals surface area contributed by atoms with E-state index in [1.165, 1.54) is 4.57 Å². The van der Waals surface area contributed by atoms with Gasteiger partial charge in [-0.25, -0.2) is 0 Å². The average molecular weight is 506 g/mol. The molecule has 0 saturated carbocycles. The molecule has 7 nitrogen and oxygen atoms in total. The van der Waals surface area contributed by atoms with Crippen LogP contribution in [-0.2, 0) is 15.9 Å². The third-order valence-electron chi connectivity index (χ3n) is 8.03. The predicted octanol–water partition coefficient (Wildman–Crippen LogP) is 6.27. The van der Waals surface area contributed by atoms with Crippen LogP contribution in [-0.4, -0.2) is 21.4 Å². The second-order valence-electron chi connectivity index (χ2n) is 10.1. The molecular weight excluding hydrogens is 478 g/mol. The van der Waals surface area contributed by atoms with E-state index in [0.29, 0.717) is 53.1 Å². The van der Waals surface area contributed by atoms with Gasteiger partial charge in [0.15, 0.2) is 0 Å². The van der Waals surface area contributed by atoms with Crippen LogP contribution in [0.15, 0.2) is 60.7 Å². The van der Waals surface area contributed by atoms with Crippen molar-refractivity contribution in [3.8, 4) is 35.3 Å². The summed E-state index contributed by atoms with van der Waals surface area (Å²) in [6.07, 6.45) is 3.54. The van der Waals surface area contributed by atoms with Gasteiger partial charge in [-0.3, -0.25) is 4.57 Å². The van der Waals surface area contributed by atoms with Crippen LogP contribution < -0.4 is 4.74 Å². The summed E-state index contributed by atoms with van der Waals surface area (Å²) in [6.45, 7) is 2.44. The minimum absolute atomic E-state index is 0.0182. The zero-order valence-electron chi connectivity index (χ0n) is 21.1. The van der Waals surface area contributed by atoms with Gasteiger partial charge in [0.05, 0.1) is 46.7 Å². The van der Waals surface area contributed by atoms with E-state index in [0.717, 1.165) is 30.0 Å². The van der Waals surface area contributed by atoms with E-state index in [1.54, 1.807) is 36.4 Å². The van der Waals surface area contributed by atoms with Gasteiger partial charge in [0, 0.05) is 17.2 Å². The van der Waals surface area contributed by atoms with Crippen molar-refractivity contribution in [1.82, 2.24) is 4.57 Å². The van der Waals surface area contributed by atoms with Crippen molar-refractivity contribution in [3.05, 3.63) is 82.9 Å². The quantitative estimate of drug-likeness (QED) is 0.306. The standard InChI is InChI=1S/C31H27N3O4/c1-2-13-30-14-15-31(38-30,16-17-37-22-10-7-20(18-32)8-11-22)27-26(30)28(35)34(29(27)36)25-12-9-21(19-33)23-5-3-4-6-24(23)25/h3-12,35-36H,2,13-17H2,1H3/t30-,31-/m1/s1. The molecule has 4 aromatic rings. The van der Waals surface area contributed by atoms with Gasteiger partial charge in [-0.05, 0) is 55.7 Å². The van der Waals surface area contributed by atoms with Crippen molar-refractivity contribution in [2.24, 2.45) is 0 Å². The van der Waals surface area contributed by atoms with E-state index in [-0.39, 0.29) is 11.8 Å². The molecule has 2 aliphatic heterocycles. The highest BCUT2D eigenvalue weighted by Gasteiger charge is 2.63. The Morgan fingerprint density at radius 2 is 1.53 bits per heavy atom. The summed E-state index contributed by atoms with van der Waals surface area (Å²) >= 11 is 0. The molecule has 2 aliphatic rings. The van der Waals surface area contributed by atoms with Gasteiger partial charge in [-0.1, -0.05) is 37.6 Å². The number of ether oxygens (including phenoxy) is 2. The highest BCUT2D eigenvalue weighted by Crippen LogP contribution is 2.67. The number of benzene rings is 3. The van der Waals surface area contributed by atoms with Gasteiger partial charge in [0.2, 0.25) is 11.8 Å². The summed E-state index contributed by atoms with van der Waals surface area (Å²) in [5, 5.41) is 43.5. The smallest absolute Gasteiger partial charge is 0.205 e. The number of nitrogens with zero attached hydrogens (tertiary/aromatic N) is 3. The maximum atomic E-state index is 11.7. The van der Waals surface area contributed by atoms with Crippen LogP contribution in [0.5, 0.6) is 17.5 Å². The molecule has 6 rings (SSSR count). The number of aromatic hydroxyl groups is 2. The maximum Gasteiger partial charge on any atom is 0.205 e. The number of fused-ring (bicyclic) bond motifs is 6. The van der Waals surface area contributed by atoms with Crippen LogP contribution in [0.25, 0.3) is 16.5 Å². The predicted molar refractivity (Wildman–Crippen MR) is 141 cm³/mol. The van der Waals surface area contributed by atoms with Crippen LogP contribution in [0.2, 0.25) is 0 Å². The molecule has 38 heavy (non-hydrogen) atoms. The van der Waals surface area contributed by atoms with Gasteiger partial charge < -0.3 is 19.7 Å². The van der Waals surface area contributed by atoms with Crippen LogP contribution in [0.4, 0.5) is 0 Å². The summed E-state index contributed by atoms with van der Waals surface area (Å²) in [5.74, 6) is 0.601. The molecule has 1 fully saturated rings. The largest absolute Gasteiger partial charge is 0.494 e. The van der Waals surface area contributed by atoms with E-state index in [9.17, 15) is 15.5 Å². The maximum absolute atomic E-state index is 11.7. The molecule has 1 aromatic heterocycles. The molecule has 0 unspecified atom stereocenters. The Kier molecular flexibility index (Phi) is 5.56. The number of nitriles is 2. The van der Waals surface area contributed by atoms with Crippen molar-refractivity contribution < 1.29 is 19.7 Å². The first kappa shape index (κ1) is 23.9. The van der Waals surface area contributed by atoms with Crippen LogP contribution in [0.1, 0.15) is 61.3 Å². The molecule has 2 bridgehead atoms. The van der Waals surface area contributed by atoms with Crippen molar-refractivity contribution in [1.29, 1.82) is 10.5 Å². The summed E-state index contributed by atoms with van der Waals surface area (Å²) in [7, 11) is 0. The normalized spacial score (nSPS) is 21.2. The molecule has 2 atom stereocenters. The lowest BCUT2D eigenvalue weighted by Crippen LogP contribution is -2.26. The SMILES string of the molecule is CCC[C@]12CC[C@](CCOc3ccc(C#N)cc3)(O1)c1c2c(O)n(-c2ccc(C#N)c3ccccc23)c1O. The Morgan fingerprint density at radius 3 is 2.16 bits per heavy atom. The fraction of sp³-hybridized carbons (Fsp3) is 0.290. The van der Waals surface area contributed by atoms with Crippen LogP contribution in [0.3, 0.4) is 0 Å². The summed E-state index contributed by atoms with van der Waals surface area (Å²) in [6, 6.07) is 22.3. The lowest BCUT2D eigenvalue weighted by Gasteiger charge is -2.27. The van der Waals surface area contributed by atoms with Crippen LogP contribution >= 0.6 is 0 Å². The van der Waals surface area contributed by atoms with Gasteiger partial charge in [-0.2, -0.15) is 10.5 Å². The van der Waals surface area contributed by atoms with E-state index < -0.39 is 11.2 Å². The number of hydrogen-bond acceptors (Lipinski definition) is 6. The Hall–Kier alpha value is -4.46. The first-order valence-electron chi connectivity index (χ1n) is 12.9. The molecule has 3 aromatic carbocycles. The molecular formula is C31H27N3O4. The molecule has 0 radical (unpaired) electrons. The summed E-state index contributed by atoms with van der Waals surface area (Å²) in [5.41, 5.74) is 1.54. The van der Waals surface area contributed by atoms with Crippen LogP contribution in [0, 0.1) is 22.7 Å². The molecule has 190 valence electrons. The van der Waals surface area contributed by atoms with Gasteiger partial charge in [-0.15, -0.1) is 0 Å². The highest BCUT2D eigenvalue weighted by atomic mass is 16.5. The minimum Gasteiger partial charge on any atom is -0.494 e. The molecule has 1 saturated heterocycles. The molecule has 7 heteroatoms. The Bertz CT molecular complexity index is 1640. The van der Waals surface area contributed by atoms with E-state index in [1.807, 2.05) is 24.3 Å². The molecule has 2 N–H and O–H groups in total. The Labute approximate surface area is 220 Å². The van der Waals surface area contributed by atoms with Crippen molar-refractivity contribution in [2.75, 3.05) is 6.61 Å². The van der Waals surface area contributed by atoms with E-state index in [4.69, 9.17) is 14.7 Å². The van der Waals surface area contributed by atoms with Crippen molar-refractivity contribution >= 4 is 10.8 Å². The number of hydrogen-bond donors (Lipinski definition) is 2. The highest BCUT2D eigenvalue weighted by molar-refractivity contribution is 5.95. The molecule has 0 amide bonds. The Balaban J connectivity index is 1.43. The zero-order valence-corrected chi connectivity index (χ0v) is 21.1. The van der Waals surface area contributed by atoms with Crippen molar-refractivity contribution in [3.63, 3.8) is 0 Å². The van der Waals surface area contributed by atoms with E-state index >= 15 is 0 Å². The lowest BCUT2D eigenvalue weighted by atomic mass is 9.75. The third kappa shape index (κ3) is 3.36. The molecule has 0 spiro atoms. The summed E-state index contributed by atoms with van der Waals surface area (Å²) < 4.78 is 14.2. The summed E-state index contributed by atoms with van der Waals surface area (Å²) in [4.78, 5) is 0. The first-order valence-corrected chi connectivity index (χ1v) is 12.9. The van der Waals surface area contributed by atoms with E-state index in [2.05, 4.69) is 19.1 Å². The van der Waals surface area contributed by atoms with Gasteiger partial charge in [0.25, 0.3) is 0 Å². The fourth-order valence-electron chi connectivity index (χ4n) is 6.41. The topological polar surface area (TPSA) is 111 Å². The second-order valence-corrected chi connectivity index (χ2v) is 10.1. The van der Waals surface area contributed by atoms with Gasteiger partial charge >= 0.3 is 0 Å². The Morgan fingerprint density at radius 1 is 0.868 bits per heavy atom. The molecule has 0 aliphatic carbocycles. The third-order valence-corrected chi connectivity index (χ3v) is 8.03. The lowest BCUT2D eigenvalue weighted by molar-refractivity contribution is -0.101. The van der Waals surface area contributed by atoms with Gasteiger partial charge in [0.1, 0.15) is 17.0 Å². The first-order chi connectivity index (χ1) is 18.5. The number of rotatable bonds is 7. The number of aromatic nitrogens is 1.